The molecule has 1 aliphatic rings. The summed E-state index contributed by atoms with van der Waals surface area (Å²) in [5.41, 5.74) is 2.16. The molecule has 0 radical (unpaired) electrons. The van der Waals surface area contributed by atoms with Gasteiger partial charge in [0, 0.05) is 28.8 Å². The Morgan fingerprint density at radius 2 is 1.78 bits per heavy atom. The van der Waals surface area contributed by atoms with Crippen molar-refractivity contribution in [3.63, 3.8) is 0 Å². The predicted molar refractivity (Wildman–Crippen MR) is 138 cm³/mol. The monoisotopic (exact) mass is 552 g/mol. The number of rotatable bonds is 8. The third-order valence-electron chi connectivity index (χ3n) is 5.71. The number of benzene rings is 3. The van der Waals surface area contributed by atoms with E-state index in [1.807, 2.05) is 31.2 Å². The molecule has 9 heteroatoms. The zero-order valence-electron chi connectivity index (χ0n) is 19.8. The Kier molecular flexibility index (Phi) is 7.90. The Bertz CT molecular complexity index is 1280. The normalized spacial score (nSPS) is 14.9. The van der Waals surface area contributed by atoms with Crippen molar-refractivity contribution in [1.29, 1.82) is 0 Å². The summed E-state index contributed by atoms with van der Waals surface area (Å²) >= 11 is 3.37. The van der Waals surface area contributed by atoms with Crippen molar-refractivity contribution < 1.29 is 28.6 Å². The van der Waals surface area contributed by atoms with Gasteiger partial charge in [0.25, 0.3) is 5.91 Å². The van der Waals surface area contributed by atoms with Crippen LogP contribution in [0.15, 0.2) is 71.2 Å². The molecule has 186 valence electrons. The van der Waals surface area contributed by atoms with Gasteiger partial charge in [-0.25, -0.2) is 0 Å². The van der Waals surface area contributed by atoms with Crippen LogP contribution < -0.4 is 19.7 Å². The maximum absolute atomic E-state index is 12.6. The summed E-state index contributed by atoms with van der Waals surface area (Å²) in [5.74, 6) is -0.0944. The van der Waals surface area contributed by atoms with Gasteiger partial charge in [-0.1, -0.05) is 28.1 Å². The van der Waals surface area contributed by atoms with E-state index in [1.165, 1.54) is 4.90 Å². The van der Waals surface area contributed by atoms with Gasteiger partial charge in [-0.15, -0.1) is 0 Å². The van der Waals surface area contributed by atoms with Crippen LogP contribution in [0.1, 0.15) is 12.0 Å². The van der Waals surface area contributed by atoms with Gasteiger partial charge in [0.05, 0.1) is 13.0 Å². The Hall–Kier alpha value is -3.85. The first-order valence-corrected chi connectivity index (χ1v) is 12.1. The van der Waals surface area contributed by atoms with Crippen molar-refractivity contribution in [3.05, 3.63) is 76.8 Å². The lowest BCUT2D eigenvalue weighted by Gasteiger charge is -2.17. The number of hydrogen-bond donors (Lipinski definition) is 1. The van der Waals surface area contributed by atoms with Crippen LogP contribution in [0, 0.1) is 12.8 Å². The summed E-state index contributed by atoms with van der Waals surface area (Å²) in [5, 5.41) is 2.72. The minimum Gasteiger partial charge on any atom is -0.493 e. The Morgan fingerprint density at radius 1 is 1.06 bits per heavy atom. The lowest BCUT2D eigenvalue weighted by Crippen LogP contribution is -2.28. The molecule has 3 aromatic rings. The average molecular weight is 553 g/mol. The molecule has 1 atom stereocenters. The maximum Gasteiger partial charge on any atom is 0.311 e. The molecule has 0 spiro atoms. The number of para-hydroxylation sites is 2. The predicted octanol–water partition coefficient (Wildman–Crippen LogP) is 5.09. The number of nitrogens with one attached hydrogen (secondary N) is 1. The smallest absolute Gasteiger partial charge is 0.311 e. The Balaban J connectivity index is 1.31. The van der Waals surface area contributed by atoms with Gasteiger partial charge >= 0.3 is 5.97 Å². The standard InChI is InChI=1S/C27H25BrN2O6/c1-17-13-19(28)7-12-22(17)29-25(31)16-35-27(33)18-14-26(32)30(15-18)20-8-10-21(11-9-20)36-24-6-4-3-5-23(24)34-2/h3-13,18H,14-16H2,1-2H3,(H,29,31)/t18-/m0/s1. The zero-order valence-corrected chi connectivity index (χ0v) is 21.4. The van der Waals surface area contributed by atoms with Crippen molar-refractivity contribution in [2.45, 2.75) is 13.3 Å². The second-order valence-electron chi connectivity index (χ2n) is 8.27. The van der Waals surface area contributed by atoms with E-state index < -0.39 is 24.4 Å². The van der Waals surface area contributed by atoms with E-state index in [0.717, 1.165) is 10.0 Å². The summed E-state index contributed by atoms with van der Waals surface area (Å²) in [7, 11) is 1.57. The number of carbonyl (C=O) groups is 3. The van der Waals surface area contributed by atoms with E-state index in [9.17, 15) is 14.4 Å². The van der Waals surface area contributed by atoms with Gasteiger partial charge in [0.1, 0.15) is 5.75 Å². The molecule has 1 heterocycles. The molecule has 0 saturated carbocycles. The molecule has 2 amide bonds. The van der Waals surface area contributed by atoms with Crippen LogP contribution in [0.25, 0.3) is 0 Å². The largest absolute Gasteiger partial charge is 0.493 e. The molecule has 0 bridgehead atoms. The van der Waals surface area contributed by atoms with Crippen LogP contribution in [0.3, 0.4) is 0 Å². The van der Waals surface area contributed by atoms with Crippen LogP contribution in [-0.2, 0) is 19.1 Å². The summed E-state index contributed by atoms with van der Waals surface area (Å²) < 4.78 is 17.3. The molecule has 8 nitrogen and oxygen atoms in total. The molecule has 0 aliphatic carbocycles. The molecular weight excluding hydrogens is 528 g/mol. The topological polar surface area (TPSA) is 94.2 Å². The zero-order chi connectivity index (χ0) is 25.7. The highest BCUT2D eigenvalue weighted by Gasteiger charge is 2.36. The fraction of sp³-hybridized carbons (Fsp3) is 0.222. The highest BCUT2D eigenvalue weighted by atomic mass is 79.9. The number of anilines is 2. The fourth-order valence-corrected chi connectivity index (χ4v) is 4.32. The number of nitrogens with zero attached hydrogens (tertiary/aromatic N) is 1. The first-order valence-electron chi connectivity index (χ1n) is 11.3. The van der Waals surface area contributed by atoms with Crippen LogP contribution in [-0.4, -0.2) is 38.0 Å². The molecule has 3 aromatic carbocycles. The summed E-state index contributed by atoms with van der Waals surface area (Å²) in [4.78, 5) is 38.9. The van der Waals surface area contributed by atoms with Gasteiger partial charge in [-0.05, 0) is 67.1 Å². The van der Waals surface area contributed by atoms with E-state index in [4.69, 9.17) is 14.2 Å². The maximum atomic E-state index is 12.6. The minimum absolute atomic E-state index is 0.0196. The molecule has 0 unspecified atom stereocenters. The van der Waals surface area contributed by atoms with Crippen molar-refractivity contribution in [2.24, 2.45) is 5.92 Å². The van der Waals surface area contributed by atoms with Crippen molar-refractivity contribution in [3.8, 4) is 17.2 Å². The number of halogens is 1. The fourth-order valence-electron chi connectivity index (χ4n) is 3.85. The van der Waals surface area contributed by atoms with Gasteiger partial charge in [-0.2, -0.15) is 0 Å². The van der Waals surface area contributed by atoms with Crippen LogP contribution >= 0.6 is 15.9 Å². The Labute approximate surface area is 217 Å². The Morgan fingerprint density at radius 3 is 2.47 bits per heavy atom. The minimum atomic E-state index is -0.649. The van der Waals surface area contributed by atoms with Crippen molar-refractivity contribution >= 4 is 45.1 Å². The van der Waals surface area contributed by atoms with E-state index in [-0.39, 0.29) is 18.9 Å². The van der Waals surface area contributed by atoms with Crippen LogP contribution in [0.4, 0.5) is 11.4 Å². The summed E-state index contributed by atoms with van der Waals surface area (Å²) in [6, 6.07) is 19.7. The van der Waals surface area contributed by atoms with Gasteiger partial charge in [-0.3, -0.25) is 14.4 Å². The lowest BCUT2D eigenvalue weighted by molar-refractivity contribution is -0.151. The molecule has 36 heavy (non-hydrogen) atoms. The average Bonchev–Trinajstić information content (AvgIpc) is 3.26. The summed E-state index contributed by atoms with van der Waals surface area (Å²) in [6.07, 6.45) is 0.0196. The number of esters is 1. The third kappa shape index (κ3) is 6.04. The number of amides is 2. The van der Waals surface area contributed by atoms with Gasteiger partial charge < -0.3 is 24.4 Å². The highest BCUT2D eigenvalue weighted by Crippen LogP contribution is 2.33. The van der Waals surface area contributed by atoms with Crippen LogP contribution in [0.2, 0.25) is 0 Å². The second kappa shape index (κ2) is 11.3. The van der Waals surface area contributed by atoms with E-state index in [2.05, 4.69) is 21.2 Å². The summed E-state index contributed by atoms with van der Waals surface area (Å²) in [6.45, 7) is 1.62. The van der Waals surface area contributed by atoms with Crippen molar-refractivity contribution in [2.75, 3.05) is 30.5 Å². The number of aryl methyl sites for hydroxylation is 1. The van der Waals surface area contributed by atoms with E-state index >= 15 is 0 Å². The first-order chi connectivity index (χ1) is 17.3. The first kappa shape index (κ1) is 25.2. The molecule has 0 aromatic heterocycles. The molecular formula is C27H25BrN2O6. The van der Waals surface area contributed by atoms with Crippen LogP contribution in [0.5, 0.6) is 17.2 Å². The van der Waals surface area contributed by atoms with E-state index in [1.54, 1.807) is 49.6 Å². The molecule has 1 aliphatic heterocycles. The van der Waals surface area contributed by atoms with E-state index in [0.29, 0.717) is 28.6 Å². The SMILES string of the molecule is COc1ccccc1Oc1ccc(N2C[C@@H](C(=O)OCC(=O)Nc3ccc(Br)cc3C)CC2=O)cc1. The second-order valence-corrected chi connectivity index (χ2v) is 9.18. The van der Waals surface area contributed by atoms with Gasteiger partial charge in [0.2, 0.25) is 5.91 Å². The third-order valence-corrected chi connectivity index (χ3v) is 6.20. The number of hydrogen-bond acceptors (Lipinski definition) is 6. The lowest BCUT2D eigenvalue weighted by atomic mass is 10.1. The number of carbonyl (C=O) groups excluding carboxylic acids is 3. The quantitative estimate of drug-likeness (QED) is 0.391. The van der Waals surface area contributed by atoms with Crippen molar-refractivity contribution in [1.82, 2.24) is 0 Å². The molecule has 1 N–H and O–H groups in total. The van der Waals surface area contributed by atoms with Gasteiger partial charge in [0.15, 0.2) is 18.1 Å². The molecule has 4 rings (SSSR count). The number of methoxy groups -OCH3 is 1. The molecule has 1 saturated heterocycles. The number of ether oxygens (including phenoxy) is 3. The highest BCUT2D eigenvalue weighted by molar-refractivity contribution is 9.10. The molecule has 1 fully saturated rings.